The third kappa shape index (κ3) is 2.37. The summed E-state index contributed by atoms with van der Waals surface area (Å²) in [4.78, 5) is 5.08. The molecule has 0 atom stereocenters. The van der Waals surface area contributed by atoms with Crippen LogP contribution in [0.3, 0.4) is 0 Å². The highest BCUT2D eigenvalue weighted by atomic mass is 32.2. The lowest BCUT2D eigenvalue weighted by Gasteiger charge is -2.06. The first-order valence-electron chi connectivity index (χ1n) is 6.45. The quantitative estimate of drug-likeness (QED) is 0.862. The summed E-state index contributed by atoms with van der Waals surface area (Å²) in [5, 5.41) is 8.04. The molecule has 0 spiro atoms. The average molecular weight is 312 g/mol. The van der Waals surface area contributed by atoms with Crippen molar-refractivity contribution in [1.29, 1.82) is 0 Å². The van der Waals surface area contributed by atoms with Gasteiger partial charge in [0.2, 0.25) is 14.2 Å². The Kier molecular flexibility index (Phi) is 3.17. The number of thiazole rings is 1. The van der Waals surface area contributed by atoms with Crippen molar-refractivity contribution in [3.63, 3.8) is 0 Å². The van der Waals surface area contributed by atoms with E-state index in [-0.39, 0.29) is 10.1 Å². The van der Waals surface area contributed by atoms with Crippen LogP contribution in [0.4, 0.5) is 0 Å². The fourth-order valence-corrected chi connectivity index (χ4v) is 4.76. The Labute approximate surface area is 121 Å². The normalized spacial score (nSPS) is 15.8. The number of aromatic nitrogens is 4. The van der Waals surface area contributed by atoms with Crippen molar-refractivity contribution in [2.75, 3.05) is 0 Å². The fraction of sp³-hybridized carbons (Fsp3) is 0.583. The van der Waals surface area contributed by atoms with E-state index in [0.717, 1.165) is 29.2 Å². The van der Waals surface area contributed by atoms with Crippen molar-refractivity contribution in [2.24, 2.45) is 0 Å². The number of aryl methyl sites for hydroxylation is 3. The number of hydrogen-bond donors (Lipinski definition) is 0. The largest absolute Gasteiger partial charge is 0.311 e. The first kappa shape index (κ1) is 13.7. The van der Waals surface area contributed by atoms with Crippen molar-refractivity contribution in [2.45, 2.75) is 49.7 Å². The third-order valence-corrected chi connectivity index (χ3v) is 6.58. The summed E-state index contributed by atoms with van der Waals surface area (Å²) in [6.45, 7) is 5.56. The highest BCUT2D eigenvalue weighted by Gasteiger charge is 2.31. The van der Waals surface area contributed by atoms with Crippen molar-refractivity contribution >= 4 is 21.2 Å². The number of nitrogens with zero attached hydrogens (tertiary/aromatic N) is 4. The Morgan fingerprint density at radius 1 is 1.25 bits per heavy atom. The molecular formula is C12H16N4O2S2. The molecule has 1 saturated carbocycles. The zero-order valence-electron chi connectivity index (χ0n) is 11.6. The highest BCUT2D eigenvalue weighted by molar-refractivity contribution is 7.92. The van der Waals surface area contributed by atoms with E-state index in [4.69, 9.17) is 0 Å². The molecule has 108 valence electrons. The van der Waals surface area contributed by atoms with E-state index >= 15 is 0 Å². The van der Waals surface area contributed by atoms with Gasteiger partial charge in [0.25, 0.3) is 0 Å². The van der Waals surface area contributed by atoms with Crippen LogP contribution in [0.25, 0.3) is 0 Å². The second-order valence-corrected chi connectivity index (χ2v) is 8.51. The lowest BCUT2D eigenvalue weighted by Crippen LogP contribution is -2.11. The Bertz CT molecular complexity index is 737. The van der Waals surface area contributed by atoms with Gasteiger partial charge in [-0.2, -0.15) is 0 Å². The number of hydrogen-bond acceptors (Lipinski definition) is 6. The maximum Gasteiger partial charge on any atom is 0.212 e. The van der Waals surface area contributed by atoms with E-state index in [2.05, 4.69) is 15.2 Å². The van der Waals surface area contributed by atoms with Crippen LogP contribution in [0.15, 0.2) is 4.34 Å². The summed E-state index contributed by atoms with van der Waals surface area (Å²) >= 11 is 1.22. The molecule has 6 nitrogen and oxygen atoms in total. The standard InChI is InChI=1S/C12H16N4O2S2/c1-7-8(2)19-12(13-7)20(17,18)6-11-15-14-9(3)16(11)10-4-5-10/h10H,4-6H2,1-3H3. The zero-order chi connectivity index (χ0) is 14.5. The molecule has 2 aromatic rings. The Hall–Kier alpha value is -1.28. The molecule has 0 radical (unpaired) electrons. The van der Waals surface area contributed by atoms with Gasteiger partial charge in [0.05, 0.1) is 5.69 Å². The van der Waals surface area contributed by atoms with Crippen LogP contribution in [0.1, 0.15) is 41.1 Å². The molecule has 0 aliphatic heterocycles. The Morgan fingerprint density at radius 3 is 2.50 bits per heavy atom. The minimum atomic E-state index is -3.45. The van der Waals surface area contributed by atoms with Crippen molar-refractivity contribution in [1.82, 2.24) is 19.7 Å². The van der Waals surface area contributed by atoms with Crippen molar-refractivity contribution < 1.29 is 8.42 Å². The second-order valence-electron chi connectivity index (χ2n) is 5.15. The predicted molar refractivity (Wildman–Crippen MR) is 75.5 cm³/mol. The molecule has 1 fully saturated rings. The third-order valence-electron chi connectivity index (χ3n) is 3.44. The molecule has 1 aliphatic rings. The summed E-state index contributed by atoms with van der Waals surface area (Å²) < 4.78 is 27.0. The second kappa shape index (κ2) is 4.63. The molecule has 2 aromatic heterocycles. The maximum absolute atomic E-state index is 12.4. The molecule has 20 heavy (non-hydrogen) atoms. The maximum atomic E-state index is 12.4. The molecule has 0 amide bonds. The monoisotopic (exact) mass is 312 g/mol. The van der Waals surface area contributed by atoms with Gasteiger partial charge in [-0.15, -0.1) is 21.5 Å². The van der Waals surface area contributed by atoms with Crippen LogP contribution < -0.4 is 0 Å². The highest BCUT2D eigenvalue weighted by Crippen LogP contribution is 2.37. The number of sulfone groups is 1. The molecule has 0 unspecified atom stereocenters. The molecule has 0 aromatic carbocycles. The average Bonchev–Trinajstić information content (AvgIpc) is 3.05. The topological polar surface area (TPSA) is 77.7 Å². The molecule has 0 bridgehead atoms. The van der Waals surface area contributed by atoms with Crippen LogP contribution in [-0.4, -0.2) is 28.2 Å². The molecule has 0 saturated heterocycles. The van der Waals surface area contributed by atoms with E-state index < -0.39 is 9.84 Å². The van der Waals surface area contributed by atoms with Crippen molar-refractivity contribution in [3.05, 3.63) is 22.2 Å². The SMILES string of the molecule is Cc1nc(S(=O)(=O)Cc2nnc(C)n2C2CC2)sc1C. The molecule has 0 N–H and O–H groups in total. The van der Waals surface area contributed by atoms with E-state index in [0.29, 0.717) is 11.9 Å². The summed E-state index contributed by atoms with van der Waals surface area (Å²) in [6.07, 6.45) is 2.14. The van der Waals surface area contributed by atoms with E-state index in [1.165, 1.54) is 11.3 Å². The summed E-state index contributed by atoms with van der Waals surface area (Å²) in [6, 6.07) is 0.370. The summed E-state index contributed by atoms with van der Waals surface area (Å²) in [5.41, 5.74) is 0.772. The first-order chi connectivity index (χ1) is 9.38. The van der Waals surface area contributed by atoms with Gasteiger partial charge < -0.3 is 4.57 Å². The number of rotatable bonds is 4. The van der Waals surface area contributed by atoms with Crippen molar-refractivity contribution in [3.8, 4) is 0 Å². The minimum absolute atomic E-state index is 0.128. The summed E-state index contributed by atoms with van der Waals surface area (Å²) in [5.74, 6) is 1.18. The predicted octanol–water partition coefficient (Wildman–Crippen LogP) is 1.97. The van der Waals surface area contributed by atoms with Gasteiger partial charge in [0, 0.05) is 10.9 Å². The Morgan fingerprint density at radius 2 is 1.95 bits per heavy atom. The van der Waals surface area contributed by atoms with E-state index in [1.807, 2.05) is 25.3 Å². The molecule has 2 heterocycles. The first-order valence-corrected chi connectivity index (χ1v) is 8.92. The van der Waals surface area contributed by atoms with Crippen LogP contribution >= 0.6 is 11.3 Å². The van der Waals surface area contributed by atoms with Gasteiger partial charge >= 0.3 is 0 Å². The fourth-order valence-electron chi connectivity index (χ4n) is 2.13. The summed E-state index contributed by atoms with van der Waals surface area (Å²) in [7, 11) is -3.45. The smallest absolute Gasteiger partial charge is 0.212 e. The molecule has 8 heteroatoms. The van der Waals surface area contributed by atoms with E-state index in [1.54, 1.807) is 0 Å². The molecule has 1 aliphatic carbocycles. The van der Waals surface area contributed by atoms with Gasteiger partial charge in [0.1, 0.15) is 17.4 Å². The van der Waals surface area contributed by atoms with Crippen LogP contribution in [-0.2, 0) is 15.6 Å². The van der Waals surface area contributed by atoms with Crippen LogP contribution in [0, 0.1) is 20.8 Å². The molecular weight excluding hydrogens is 296 g/mol. The van der Waals surface area contributed by atoms with Gasteiger partial charge in [-0.05, 0) is 33.6 Å². The van der Waals surface area contributed by atoms with E-state index in [9.17, 15) is 8.42 Å². The van der Waals surface area contributed by atoms with Crippen LogP contribution in [0.5, 0.6) is 0 Å². The lowest BCUT2D eigenvalue weighted by molar-refractivity contribution is 0.588. The lowest BCUT2D eigenvalue weighted by atomic mass is 10.4. The van der Waals surface area contributed by atoms with Crippen LogP contribution in [0.2, 0.25) is 0 Å². The molecule has 3 rings (SSSR count). The van der Waals surface area contributed by atoms with Gasteiger partial charge in [-0.25, -0.2) is 13.4 Å². The van der Waals surface area contributed by atoms with Gasteiger partial charge in [-0.3, -0.25) is 0 Å². The Balaban J connectivity index is 1.94. The zero-order valence-corrected chi connectivity index (χ0v) is 13.3. The minimum Gasteiger partial charge on any atom is -0.311 e. The van der Waals surface area contributed by atoms with Gasteiger partial charge in [-0.1, -0.05) is 0 Å². The van der Waals surface area contributed by atoms with Gasteiger partial charge in [0.15, 0.2) is 0 Å².